The quantitative estimate of drug-likeness (QED) is 0.600. The Morgan fingerprint density at radius 1 is 1.07 bits per heavy atom. The largest absolute Gasteiger partial charge is 0.298 e. The summed E-state index contributed by atoms with van der Waals surface area (Å²) in [6, 6.07) is 14.7. The van der Waals surface area contributed by atoms with Gasteiger partial charge in [0.15, 0.2) is 5.13 Å². The summed E-state index contributed by atoms with van der Waals surface area (Å²) in [4.78, 5) is 16.7. The summed E-state index contributed by atoms with van der Waals surface area (Å²) in [6.07, 6.45) is 8.25. The minimum atomic E-state index is -0.165. The van der Waals surface area contributed by atoms with Crippen LogP contribution in [-0.4, -0.2) is 10.9 Å². The molecule has 1 N–H and O–H groups in total. The van der Waals surface area contributed by atoms with Crippen LogP contribution in [0.2, 0.25) is 0 Å². The maximum absolute atomic E-state index is 12.2. The Kier molecular flexibility index (Phi) is 5.16. The van der Waals surface area contributed by atoms with E-state index >= 15 is 0 Å². The van der Waals surface area contributed by atoms with Gasteiger partial charge in [0.25, 0.3) is 0 Å². The van der Waals surface area contributed by atoms with Crippen LogP contribution in [0.1, 0.15) is 35.1 Å². The molecule has 0 radical (unpaired) electrons. The number of fused-ring (bicyclic) bond motifs is 1. The summed E-state index contributed by atoms with van der Waals surface area (Å²) in [5.41, 5.74) is 7.17. The molecule has 0 bridgehead atoms. The Hall–Kier alpha value is -2.72. The molecule has 2 aromatic carbocycles. The van der Waals surface area contributed by atoms with Gasteiger partial charge in [0.1, 0.15) is 0 Å². The predicted octanol–water partition coefficient (Wildman–Crippen LogP) is 5.65. The fourth-order valence-electron chi connectivity index (χ4n) is 3.35. The van der Waals surface area contributed by atoms with Crippen LogP contribution in [-0.2, 0) is 17.6 Å². The summed E-state index contributed by atoms with van der Waals surface area (Å²) < 4.78 is 0. The number of thiazole rings is 1. The summed E-state index contributed by atoms with van der Waals surface area (Å²) in [5, 5.41) is 5.49. The number of amides is 1. The molecule has 27 heavy (non-hydrogen) atoms. The van der Waals surface area contributed by atoms with E-state index in [4.69, 9.17) is 0 Å². The number of hydrogen-bond acceptors (Lipinski definition) is 3. The van der Waals surface area contributed by atoms with Crippen molar-refractivity contribution in [1.82, 2.24) is 4.98 Å². The first kappa shape index (κ1) is 17.7. The number of aryl methyl sites for hydroxylation is 3. The highest BCUT2D eigenvalue weighted by Crippen LogP contribution is 2.29. The van der Waals surface area contributed by atoms with Gasteiger partial charge in [0.2, 0.25) is 5.91 Å². The molecule has 1 amide bonds. The van der Waals surface area contributed by atoms with E-state index in [1.807, 2.05) is 42.6 Å². The normalized spacial score (nSPS) is 13.5. The number of hydrogen-bond donors (Lipinski definition) is 1. The highest BCUT2D eigenvalue weighted by Gasteiger charge is 2.12. The van der Waals surface area contributed by atoms with E-state index in [-0.39, 0.29) is 5.91 Å². The minimum Gasteiger partial charge on any atom is -0.298 e. The molecular formula is C23H22N2OS. The highest BCUT2D eigenvalue weighted by molar-refractivity contribution is 7.14. The molecular weight excluding hydrogens is 352 g/mol. The van der Waals surface area contributed by atoms with Crippen molar-refractivity contribution < 1.29 is 4.79 Å². The monoisotopic (exact) mass is 374 g/mol. The molecule has 0 spiro atoms. The van der Waals surface area contributed by atoms with Crippen molar-refractivity contribution in [3.63, 3.8) is 0 Å². The molecule has 0 atom stereocenters. The molecule has 0 unspecified atom stereocenters. The second-order valence-corrected chi connectivity index (χ2v) is 7.82. The maximum atomic E-state index is 12.2. The van der Waals surface area contributed by atoms with Crippen LogP contribution in [0.4, 0.5) is 5.13 Å². The summed E-state index contributed by atoms with van der Waals surface area (Å²) in [6.45, 7) is 2.04. The van der Waals surface area contributed by atoms with Crippen LogP contribution in [0.15, 0.2) is 53.9 Å². The van der Waals surface area contributed by atoms with Gasteiger partial charge in [-0.1, -0.05) is 42.0 Å². The van der Waals surface area contributed by atoms with Crippen molar-refractivity contribution in [2.24, 2.45) is 0 Å². The number of aromatic nitrogens is 1. The minimum absolute atomic E-state index is 0.165. The van der Waals surface area contributed by atoms with Gasteiger partial charge < -0.3 is 0 Å². The Morgan fingerprint density at radius 2 is 1.85 bits per heavy atom. The SMILES string of the molecule is Cc1ccc(/C=C/C(=O)Nc2nc(-c3ccc4c(c3)CCCC4)cs2)cc1. The smallest absolute Gasteiger partial charge is 0.250 e. The zero-order valence-electron chi connectivity index (χ0n) is 15.4. The van der Waals surface area contributed by atoms with Gasteiger partial charge in [0, 0.05) is 17.0 Å². The van der Waals surface area contributed by atoms with E-state index in [1.54, 1.807) is 6.08 Å². The van der Waals surface area contributed by atoms with Crippen molar-refractivity contribution in [1.29, 1.82) is 0 Å². The third kappa shape index (κ3) is 4.34. The molecule has 0 saturated carbocycles. The van der Waals surface area contributed by atoms with E-state index in [1.165, 1.54) is 47.3 Å². The van der Waals surface area contributed by atoms with E-state index in [0.29, 0.717) is 5.13 Å². The van der Waals surface area contributed by atoms with Crippen LogP contribution in [0.5, 0.6) is 0 Å². The molecule has 4 heteroatoms. The number of carbonyl (C=O) groups excluding carboxylic acids is 1. The summed E-state index contributed by atoms with van der Waals surface area (Å²) >= 11 is 1.46. The fraction of sp³-hybridized carbons (Fsp3) is 0.217. The Balaban J connectivity index is 1.43. The number of benzene rings is 2. The fourth-order valence-corrected chi connectivity index (χ4v) is 4.08. The zero-order valence-corrected chi connectivity index (χ0v) is 16.2. The van der Waals surface area contributed by atoms with Crippen LogP contribution in [0.3, 0.4) is 0 Å². The second kappa shape index (κ2) is 7.89. The predicted molar refractivity (Wildman–Crippen MR) is 113 cm³/mol. The van der Waals surface area contributed by atoms with Crippen molar-refractivity contribution in [3.8, 4) is 11.3 Å². The average Bonchev–Trinajstić information content (AvgIpc) is 3.15. The van der Waals surface area contributed by atoms with Gasteiger partial charge in [-0.15, -0.1) is 11.3 Å². The van der Waals surface area contributed by atoms with Crippen LogP contribution >= 0.6 is 11.3 Å². The van der Waals surface area contributed by atoms with Gasteiger partial charge in [-0.3, -0.25) is 10.1 Å². The molecule has 136 valence electrons. The topological polar surface area (TPSA) is 42.0 Å². The van der Waals surface area contributed by atoms with Crippen molar-refractivity contribution in [3.05, 3.63) is 76.2 Å². The Bertz CT molecular complexity index is 986. The van der Waals surface area contributed by atoms with Crippen LogP contribution in [0.25, 0.3) is 17.3 Å². The Labute approximate surface area is 163 Å². The number of nitrogens with one attached hydrogen (secondary N) is 1. The lowest BCUT2D eigenvalue weighted by Gasteiger charge is -2.16. The second-order valence-electron chi connectivity index (χ2n) is 6.96. The molecule has 0 aliphatic heterocycles. The van der Waals surface area contributed by atoms with E-state index in [0.717, 1.165) is 23.2 Å². The first-order chi connectivity index (χ1) is 13.2. The third-order valence-electron chi connectivity index (χ3n) is 4.88. The van der Waals surface area contributed by atoms with E-state index in [9.17, 15) is 4.79 Å². The van der Waals surface area contributed by atoms with E-state index in [2.05, 4.69) is 28.5 Å². The lowest BCUT2D eigenvalue weighted by atomic mass is 9.90. The molecule has 1 aromatic heterocycles. The molecule has 1 aliphatic rings. The highest BCUT2D eigenvalue weighted by atomic mass is 32.1. The number of rotatable bonds is 4. The van der Waals surface area contributed by atoms with Gasteiger partial charge >= 0.3 is 0 Å². The first-order valence-electron chi connectivity index (χ1n) is 9.31. The van der Waals surface area contributed by atoms with Gasteiger partial charge in [-0.2, -0.15) is 0 Å². The number of carbonyl (C=O) groups is 1. The van der Waals surface area contributed by atoms with Gasteiger partial charge in [0.05, 0.1) is 5.69 Å². The Morgan fingerprint density at radius 3 is 2.67 bits per heavy atom. The van der Waals surface area contributed by atoms with Crippen molar-refractivity contribution >= 4 is 28.5 Å². The molecule has 0 fully saturated rings. The molecule has 0 saturated heterocycles. The third-order valence-corrected chi connectivity index (χ3v) is 5.64. The van der Waals surface area contributed by atoms with E-state index < -0.39 is 0 Å². The van der Waals surface area contributed by atoms with Crippen molar-refractivity contribution in [2.75, 3.05) is 5.32 Å². The summed E-state index contributed by atoms with van der Waals surface area (Å²) in [5.74, 6) is -0.165. The number of anilines is 1. The molecule has 3 nitrogen and oxygen atoms in total. The van der Waals surface area contributed by atoms with Crippen LogP contribution < -0.4 is 5.32 Å². The molecule has 1 heterocycles. The lowest BCUT2D eigenvalue weighted by molar-refractivity contribution is -0.111. The maximum Gasteiger partial charge on any atom is 0.250 e. The lowest BCUT2D eigenvalue weighted by Crippen LogP contribution is -2.07. The molecule has 1 aliphatic carbocycles. The molecule has 3 aromatic rings. The first-order valence-corrected chi connectivity index (χ1v) is 10.2. The van der Waals surface area contributed by atoms with Crippen LogP contribution in [0, 0.1) is 6.92 Å². The standard InChI is InChI=1S/C23H22N2OS/c1-16-6-8-17(9-7-16)10-13-22(26)25-23-24-21(15-27-23)20-12-11-18-4-2-3-5-19(18)14-20/h6-15H,2-5H2,1H3,(H,24,25,26)/b13-10+. The summed E-state index contributed by atoms with van der Waals surface area (Å²) in [7, 11) is 0. The molecule has 4 rings (SSSR count). The van der Waals surface area contributed by atoms with Crippen molar-refractivity contribution in [2.45, 2.75) is 32.6 Å². The number of nitrogens with zero attached hydrogens (tertiary/aromatic N) is 1. The zero-order chi connectivity index (χ0) is 18.6. The average molecular weight is 375 g/mol. The van der Waals surface area contributed by atoms with Gasteiger partial charge in [-0.25, -0.2) is 4.98 Å². The van der Waals surface area contributed by atoms with Gasteiger partial charge in [-0.05, 0) is 61.4 Å².